The summed E-state index contributed by atoms with van der Waals surface area (Å²) >= 11 is 1.73. The second kappa shape index (κ2) is 7.32. The third-order valence-corrected chi connectivity index (χ3v) is 6.10. The van der Waals surface area contributed by atoms with Crippen LogP contribution in [0.15, 0.2) is 29.1 Å². The zero-order valence-corrected chi connectivity index (χ0v) is 16.1. The van der Waals surface area contributed by atoms with Crippen LogP contribution < -0.4 is 15.8 Å². The van der Waals surface area contributed by atoms with E-state index in [0.717, 1.165) is 54.6 Å². The van der Waals surface area contributed by atoms with Gasteiger partial charge in [-0.15, -0.1) is 0 Å². The van der Waals surface area contributed by atoms with Crippen LogP contribution >= 0.6 is 11.8 Å². The van der Waals surface area contributed by atoms with E-state index < -0.39 is 0 Å². The summed E-state index contributed by atoms with van der Waals surface area (Å²) in [6.45, 7) is 8.84. The van der Waals surface area contributed by atoms with E-state index >= 15 is 0 Å². The molecule has 0 amide bonds. The number of H-pyrrole nitrogens is 1. The Balaban J connectivity index is 1.42. The molecule has 0 aliphatic carbocycles. The van der Waals surface area contributed by atoms with Gasteiger partial charge in [0, 0.05) is 60.7 Å². The minimum absolute atomic E-state index is 0.0258. The molecule has 1 aromatic heterocycles. The van der Waals surface area contributed by atoms with Gasteiger partial charge in [0.05, 0.1) is 5.69 Å². The normalized spacial score (nSPS) is 17.6. The number of hydrogen-bond acceptors (Lipinski definition) is 6. The van der Waals surface area contributed by atoms with Gasteiger partial charge in [-0.3, -0.25) is 14.7 Å². The highest BCUT2D eigenvalue weighted by atomic mass is 32.2. The van der Waals surface area contributed by atoms with Crippen LogP contribution in [0.25, 0.3) is 0 Å². The van der Waals surface area contributed by atoms with Gasteiger partial charge >= 0.3 is 0 Å². The summed E-state index contributed by atoms with van der Waals surface area (Å²) in [6, 6.07) is 8.98. The van der Waals surface area contributed by atoms with Crippen LogP contribution in [0.1, 0.15) is 25.1 Å². The smallest absolute Gasteiger partial charge is 0.256 e. The Morgan fingerprint density at radius 2 is 1.85 bits per heavy atom. The maximum absolute atomic E-state index is 12.1. The zero-order chi connectivity index (χ0) is 18.1. The van der Waals surface area contributed by atoms with Crippen molar-refractivity contribution in [2.45, 2.75) is 31.4 Å². The highest BCUT2D eigenvalue weighted by Crippen LogP contribution is 2.27. The van der Waals surface area contributed by atoms with Crippen LogP contribution in [0.4, 0.5) is 17.3 Å². The standard InChI is InChI=1S/C19H25N5OS/c1-13(2)23-7-9-24(10-8-23)15-5-3-14(4-6-15)20-19-21-17-12-26-11-16(17)18(25)22-19/h3-6,13H,7-12H2,1-2H3,(H2,20,21,22,25). The van der Waals surface area contributed by atoms with Crippen LogP contribution in [0.2, 0.25) is 0 Å². The zero-order valence-electron chi connectivity index (χ0n) is 15.3. The number of rotatable bonds is 4. The van der Waals surface area contributed by atoms with Crippen molar-refractivity contribution in [2.75, 3.05) is 36.4 Å². The highest BCUT2D eigenvalue weighted by molar-refractivity contribution is 7.98. The van der Waals surface area contributed by atoms with Gasteiger partial charge < -0.3 is 10.2 Å². The first kappa shape index (κ1) is 17.4. The number of hydrogen-bond donors (Lipinski definition) is 2. The molecule has 0 saturated carbocycles. The van der Waals surface area contributed by atoms with Crippen molar-refractivity contribution in [2.24, 2.45) is 0 Å². The summed E-state index contributed by atoms with van der Waals surface area (Å²) in [5, 5.41) is 3.22. The lowest BCUT2D eigenvalue weighted by atomic mass is 10.2. The summed E-state index contributed by atoms with van der Waals surface area (Å²) in [4.78, 5) is 24.4. The number of fused-ring (bicyclic) bond motifs is 1. The van der Waals surface area contributed by atoms with E-state index in [9.17, 15) is 4.79 Å². The number of benzene rings is 1. The Bertz CT molecular complexity index is 825. The molecule has 0 radical (unpaired) electrons. The van der Waals surface area contributed by atoms with Gasteiger partial charge in [-0.05, 0) is 38.1 Å². The molecule has 3 heterocycles. The Morgan fingerprint density at radius 3 is 2.54 bits per heavy atom. The van der Waals surface area contributed by atoms with Gasteiger partial charge in [-0.1, -0.05) is 0 Å². The minimum atomic E-state index is -0.0258. The third-order valence-electron chi connectivity index (χ3n) is 5.13. The number of aromatic nitrogens is 2. The molecule has 0 bridgehead atoms. The Kier molecular flexibility index (Phi) is 4.91. The minimum Gasteiger partial charge on any atom is -0.369 e. The molecule has 0 spiro atoms. The summed E-state index contributed by atoms with van der Waals surface area (Å²) in [7, 11) is 0. The lowest BCUT2D eigenvalue weighted by Crippen LogP contribution is -2.48. The van der Waals surface area contributed by atoms with Crippen molar-refractivity contribution in [3.63, 3.8) is 0 Å². The molecule has 1 fully saturated rings. The maximum Gasteiger partial charge on any atom is 0.256 e. The second-order valence-electron chi connectivity index (χ2n) is 7.12. The molecule has 1 aromatic carbocycles. The fraction of sp³-hybridized carbons (Fsp3) is 0.474. The van der Waals surface area contributed by atoms with Crippen molar-refractivity contribution in [1.82, 2.24) is 14.9 Å². The van der Waals surface area contributed by atoms with Crippen molar-refractivity contribution < 1.29 is 0 Å². The number of nitrogens with zero attached hydrogens (tertiary/aromatic N) is 3. The first-order valence-corrected chi connectivity index (χ1v) is 10.3. The van der Waals surface area contributed by atoms with Gasteiger partial charge in [-0.2, -0.15) is 11.8 Å². The second-order valence-corrected chi connectivity index (χ2v) is 8.11. The van der Waals surface area contributed by atoms with Crippen LogP contribution in [0.3, 0.4) is 0 Å². The molecule has 7 heteroatoms. The van der Waals surface area contributed by atoms with Crippen LogP contribution in [-0.4, -0.2) is 47.1 Å². The number of thioether (sulfide) groups is 1. The average molecular weight is 372 g/mol. The predicted octanol–water partition coefficient (Wildman–Crippen LogP) is 2.79. The molecular formula is C19H25N5OS. The molecule has 0 unspecified atom stereocenters. The van der Waals surface area contributed by atoms with E-state index in [2.05, 4.69) is 51.1 Å². The molecule has 2 N–H and O–H groups in total. The van der Waals surface area contributed by atoms with Gasteiger partial charge in [-0.25, -0.2) is 4.98 Å². The Labute approximate surface area is 158 Å². The van der Waals surface area contributed by atoms with Gasteiger partial charge in [0.1, 0.15) is 0 Å². The predicted molar refractivity (Wildman–Crippen MR) is 109 cm³/mol. The lowest BCUT2D eigenvalue weighted by Gasteiger charge is -2.38. The summed E-state index contributed by atoms with van der Waals surface area (Å²) in [5.74, 6) is 2.10. The largest absolute Gasteiger partial charge is 0.369 e. The average Bonchev–Trinajstić information content (AvgIpc) is 3.12. The fourth-order valence-electron chi connectivity index (χ4n) is 3.51. The Hall–Kier alpha value is -1.99. The Morgan fingerprint density at radius 1 is 1.12 bits per heavy atom. The van der Waals surface area contributed by atoms with Gasteiger partial charge in [0.15, 0.2) is 0 Å². The van der Waals surface area contributed by atoms with E-state index in [1.165, 1.54) is 5.69 Å². The summed E-state index contributed by atoms with van der Waals surface area (Å²) in [5.41, 5.74) is 3.87. The molecule has 4 rings (SSSR count). The number of anilines is 3. The number of nitrogens with one attached hydrogen (secondary N) is 2. The first-order valence-electron chi connectivity index (χ1n) is 9.16. The van der Waals surface area contributed by atoms with Gasteiger partial charge in [0.2, 0.25) is 5.95 Å². The van der Waals surface area contributed by atoms with Crippen LogP contribution in [0.5, 0.6) is 0 Å². The summed E-state index contributed by atoms with van der Waals surface area (Å²) < 4.78 is 0. The van der Waals surface area contributed by atoms with Crippen LogP contribution in [0, 0.1) is 0 Å². The van der Waals surface area contributed by atoms with E-state index in [-0.39, 0.29) is 5.56 Å². The van der Waals surface area contributed by atoms with Gasteiger partial charge in [0.25, 0.3) is 5.56 Å². The van der Waals surface area contributed by atoms with E-state index in [0.29, 0.717) is 12.0 Å². The van der Waals surface area contributed by atoms with E-state index in [4.69, 9.17) is 0 Å². The molecule has 2 aliphatic heterocycles. The van der Waals surface area contributed by atoms with Crippen LogP contribution in [-0.2, 0) is 11.5 Å². The quantitative estimate of drug-likeness (QED) is 0.862. The monoisotopic (exact) mass is 371 g/mol. The SMILES string of the molecule is CC(C)N1CCN(c2ccc(Nc3nc4c(c(=O)[nH]3)CSC4)cc2)CC1. The molecule has 6 nitrogen and oxygen atoms in total. The van der Waals surface area contributed by atoms with Crippen molar-refractivity contribution in [3.05, 3.63) is 45.9 Å². The highest BCUT2D eigenvalue weighted by Gasteiger charge is 2.19. The van der Waals surface area contributed by atoms with Crippen molar-refractivity contribution in [3.8, 4) is 0 Å². The molecular weight excluding hydrogens is 346 g/mol. The lowest BCUT2D eigenvalue weighted by molar-refractivity contribution is 0.209. The fourth-order valence-corrected chi connectivity index (χ4v) is 4.55. The van der Waals surface area contributed by atoms with Crippen molar-refractivity contribution in [1.29, 1.82) is 0 Å². The molecule has 2 aromatic rings. The third kappa shape index (κ3) is 3.59. The molecule has 138 valence electrons. The van der Waals surface area contributed by atoms with E-state index in [1.54, 1.807) is 11.8 Å². The maximum atomic E-state index is 12.1. The first-order chi connectivity index (χ1) is 12.6. The van der Waals surface area contributed by atoms with E-state index in [1.807, 2.05) is 12.1 Å². The molecule has 2 aliphatic rings. The molecule has 0 atom stereocenters. The summed E-state index contributed by atoms with van der Waals surface area (Å²) in [6.07, 6.45) is 0. The van der Waals surface area contributed by atoms with Crippen molar-refractivity contribution >= 4 is 29.1 Å². The number of aromatic amines is 1. The number of piperazine rings is 1. The topological polar surface area (TPSA) is 64.3 Å². The molecule has 1 saturated heterocycles. The molecule has 26 heavy (non-hydrogen) atoms.